The first-order chi connectivity index (χ1) is 30.0. The summed E-state index contributed by atoms with van der Waals surface area (Å²) in [6.07, 6.45) is 19.4. The Morgan fingerprint density at radius 1 is 0.619 bits per heavy atom. The first-order valence-corrected chi connectivity index (χ1v) is 25.8. The summed E-state index contributed by atoms with van der Waals surface area (Å²) in [6, 6.07) is 15.7. The van der Waals surface area contributed by atoms with Crippen LogP contribution in [0.1, 0.15) is 72.0 Å². The fraction of sp³-hybridized carbons (Fsp3) is 0.400. The van der Waals surface area contributed by atoms with E-state index < -0.39 is 31.7 Å². The molecular weight excluding hydrogens is 926 g/mol. The maximum Gasteiger partial charge on any atom is 0.282 e. The molecule has 2 aromatic carbocycles. The predicted octanol–water partition coefficient (Wildman–Crippen LogP) is 9.16. The van der Waals surface area contributed by atoms with Crippen LogP contribution in [-0.4, -0.2) is 55.1 Å². The van der Waals surface area contributed by atoms with Gasteiger partial charge in [0.15, 0.2) is 35.8 Å². The van der Waals surface area contributed by atoms with E-state index >= 15 is 0 Å². The summed E-state index contributed by atoms with van der Waals surface area (Å²) in [5, 5.41) is 1.40. The molecule has 4 heterocycles. The summed E-state index contributed by atoms with van der Waals surface area (Å²) in [4.78, 5) is 3.88. The van der Waals surface area contributed by atoms with E-state index in [2.05, 4.69) is 72.0 Å². The number of hydrogen-bond acceptors (Lipinski definition) is 8. The Morgan fingerprint density at radius 2 is 1.11 bits per heavy atom. The normalized spacial score (nSPS) is 13.7. The maximum atomic E-state index is 11.3. The van der Waals surface area contributed by atoms with Crippen molar-refractivity contribution in [2.45, 2.75) is 92.4 Å². The molecule has 0 bridgehead atoms. The van der Waals surface area contributed by atoms with Crippen molar-refractivity contribution in [2.24, 2.45) is 0 Å². The predicted molar refractivity (Wildman–Crippen MR) is 252 cm³/mol. The van der Waals surface area contributed by atoms with E-state index in [1.165, 1.54) is 36.8 Å². The zero-order chi connectivity index (χ0) is 45.9. The lowest BCUT2D eigenvalue weighted by Gasteiger charge is -2.24. The van der Waals surface area contributed by atoms with Crippen LogP contribution in [0.3, 0.4) is 0 Å². The van der Waals surface area contributed by atoms with E-state index in [1.54, 1.807) is 24.3 Å². The van der Waals surface area contributed by atoms with Crippen LogP contribution in [0.2, 0.25) is 20.1 Å². The van der Waals surface area contributed by atoms with Gasteiger partial charge in [-0.25, -0.2) is 35.1 Å². The zero-order valence-electron chi connectivity index (χ0n) is 36.0. The number of allylic oxidation sites excluding steroid dienone is 2. The molecule has 0 amide bonds. The van der Waals surface area contributed by atoms with Crippen LogP contribution in [0, 0.1) is 0 Å². The van der Waals surface area contributed by atoms with Gasteiger partial charge in [-0.15, -0.1) is 0 Å². The third-order valence-corrected chi connectivity index (χ3v) is 13.7. The van der Waals surface area contributed by atoms with Gasteiger partial charge in [-0.1, -0.05) is 79.2 Å². The van der Waals surface area contributed by atoms with Gasteiger partial charge in [0.2, 0.25) is 0 Å². The van der Waals surface area contributed by atoms with Crippen molar-refractivity contribution in [1.29, 1.82) is 0 Å². The molecule has 0 unspecified atom stereocenters. The van der Waals surface area contributed by atoms with Crippen molar-refractivity contribution in [1.82, 2.24) is 4.57 Å². The van der Waals surface area contributed by atoms with E-state index in [-0.39, 0.29) is 25.9 Å². The van der Waals surface area contributed by atoms with E-state index in [0.717, 1.165) is 35.5 Å². The Kier molecular flexibility index (Phi) is 18.3. The lowest BCUT2D eigenvalue weighted by Crippen LogP contribution is -2.37. The first-order valence-electron chi connectivity index (χ1n) is 21.2. The number of rotatable bonds is 19. The topological polar surface area (TPSA) is 137 Å². The SMILES string of the molecule is CCCC[n+]1ccc(-c2cc[n+](CCCC)cc2)cc1.CCN1C(=CC=Cc2n(CC)c3cc(Cl)c(Cl)cc3[n+]2CCCS(=O)(=O)[O-])N(CCCS(=O)(=O)[O-])c2cc(Cl)c(Cl)cc21. The fourth-order valence-corrected chi connectivity index (χ4v) is 9.09. The average Bonchev–Trinajstić information content (AvgIpc) is 3.67. The van der Waals surface area contributed by atoms with Gasteiger partial charge in [0, 0.05) is 79.9 Å². The number of aryl methyl sites for hydroxylation is 4. The molecule has 1 aliphatic rings. The number of anilines is 2. The lowest BCUT2D eigenvalue weighted by atomic mass is 10.1. The molecule has 18 heteroatoms. The molecule has 0 fully saturated rings. The van der Waals surface area contributed by atoms with Crippen molar-refractivity contribution < 1.29 is 39.6 Å². The highest BCUT2D eigenvalue weighted by Crippen LogP contribution is 2.45. The lowest BCUT2D eigenvalue weighted by molar-refractivity contribution is -0.697. The van der Waals surface area contributed by atoms with Crippen LogP contribution < -0.4 is 23.5 Å². The number of fused-ring (bicyclic) bond motifs is 2. The summed E-state index contributed by atoms with van der Waals surface area (Å²) >= 11 is 25.3. The highest BCUT2D eigenvalue weighted by Gasteiger charge is 2.31. The molecule has 3 aromatic heterocycles. The van der Waals surface area contributed by atoms with Crippen molar-refractivity contribution in [3.8, 4) is 11.1 Å². The number of hydrogen-bond donors (Lipinski definition) is 0. The second-order valence-electron chi connectivity index (χ2n) is 15.1. The van der Waals surface area contributed by atoms with Gasteiger partial charge in [-0.2, -0.15) is 0 Å². The smallest absolute Gasteiger partial charge is 0.282 e. The number of benzene rings is 2. The molecule has 0 atom stereocenters. The highest BCUT2D eigenvalue weighted by atomic mass is 35.5. The number of pyridine rings is 2. The molecule has 6 rings (SSSR count). The van der Waals surface area contributed by atoms with Crippen LogP contribution in [0.25, 0.3) is 28.2 Å². The molecule has 0 aliphatic carbocycles. The van der Waals surface area contributed by atoms with Gasteiger partial charge in [0.05, 0.1) is 64.8 Å². The molecule has 1 aliphatic heterocycles. The van der Waals surface area contributed by atoms with Crippen LogP contribution in [0.5, 0.6) is 0 Å². The standard InChI is InChI=1S/C27H30Cl4N4O6S2.C18H26N2/c1-3-32-22-14-18(28)20(30)16-24(22)34(10-6-12-42(36,37)38)26(32)8-5-9-27-33(4-2)23-15-19(29)21(31)17-25(23)35(27)11-7-13-43(39,40)41;1-3-5-11-19-13-7-17(8-14-19)18-9-15-20(16-10-18)12-6-4-2/h5,8-9,14-17H,3-4,6-7,10-13H2,1-2H3,(H-,36,37,38,39,40,41);7-10,13-16H,3-6,11-12H2,1-2H3/q;+2/p-1. The molecule has 0 radical (unpaired) electrons. The highest BCUT2D eigenvalue weighted by molar-refractivity contribution is 7.85. The summed E-state index contributed by atoms with van der Waals surface area (Å²) in [5.74, 6) is 0.390. The Labute approximate surface area is 392 Å². The summed E-state index contributed by atoms with van der Waals surface area (Å²) < 4.78 is 76.2. The number of imidazole rings is 1. The van der Waals surface area contributed by atoms with Crippen molar-refractivity contribution in [2.75, 3.05) is 34.4 Å². The molecule has 0 spiro atoms. The second-order valence-corrected chi connectivity index (χ2v) is 19.8. The minimum atomic E-state index is -4.40. The van der Waals surface area contributed by atoms with Gasteiger partial charge >= 0.3 is 0 Å². The third kappa shape index (κ3) is 13.6. The van der Waals surface area contributed by atoms with Crippen LogP contribution >= 0.6 is 46.4 Å². The van der Waals surface area contributed by atoms with Crippen molar-refractivity contribution in [3.05, 3.63) is 117 Å². The Hall–Kier alpha value is -3.73. The van der Waals surface area contributed by atoms with Crippen LogP contribution in [0.4, 0.5) is 11.4 Å². The van der Waals surface area contributed by atoms with E-state index in [4.69, 9.17) is 46.4 Å². The number of aromatic nitrogens is 4. The zero-order valence-corrected chi connectivity index (χ0v) is 40.7. The monoisotopic (exact) mass is 979 g/mol. The largest absolute Gasteiger partial charge is 0.748 e. The van der Waals surface area contributed by atoms with Crippen LogP contribution in [0.15, 0.2) is 91.3 Å². The quantitative estimate of drug-likeness (QED) is 0.0591. The van der Waals surface area contributed by atoms with E-state index in [1.807, 2.05) is 51.0 Å². The van der Waals surface area contributed by atoms with Gasteiger partial charge in [0.1, 0.15) is 18.9 Å². The van der Waals surface area contributed by atoms with Crippen LogP contribution in [-0.2, 0) is 46.4 Å². The number of halogens is 4. The van der Waals surface area contributed by atoms with E-state index in [9.17, 15) is 25.9 Å². The average molecular weight is 982 g/mol. The third-order valence-electron chi connectivity index (χ3n) is 10.6. The molecule has 0 saturated heterocycles. The van der Waals surface area contributed by atoms with Crippen molar-refractivity contribution >= 4 is 95.1 Å². The minimum Gasteiger partial charge on any atom is -0.748 e. The maximum absolute atomic E-state index is 11.3. The number of unbranched alkanes of at least 4 members (excludes halogenated alkanes) is 2. The number of nitrogens with zero attached hydrogens (tertiary/aromatic N) is 6. The molecule has 12 nitrogen and oxygen atoms in total. The molecule has 63 heavy (non-hydrogen) atoms. The van der Waals surface area contributed by atoms with Crippen molar-refractivity contribution in [3.63, 3.8) is 0 Å². The summed E-state index contributed by atoms with van der Waals surface area (Å²) in [5.41, 5.74) is 5.59. The molecule has 0 N–H and O–H groups in total. The van der Waals surface area contributed by atoms with Gasteiger partial charge in [0.25, 0.3) is 5.82 Å². The van der Waals surface area contributed by atoms with Gasteiger partial charge < -0.3 is 18.9 Å². The summed E-state index contributed by atoms with van der Waals surface area (Å²) in [7, 11) is -8.80. The van der Waals surface area contributed by atoms with Gasteiger partial charge in [-0.05, 0) is 56.0 Å². The first kappa shape index (κ1) is 50.3. The fourth-order valence-electron chi connectivity index (χ4n) is 7.49. The molecule has 5 aromatic rings. The minimum absolute atomic E-state index is 0.0956. The van der Waals surface area contributed by atoms with Gasteiger partial charge in [-0.3, -0.25) is 0 Å². The van der Waals surface area contributed by atoms with E-state index in [0.29, 0.717) is 44.8 Å². The summed E-state index contributed by atoms with van der Waals surface area (Å²) in [6.45, 7) is 12.2. The Morgan fingerprint density at radius 3 is 1.60 bits per heavy atom. The Balaban J connectivity index is 0.000000311. The molecular formula is C45H55Cl4N6O6S2+. The second kappa shape index (κ2) is 22.9. The Bertz CT molecular complexity index is 2590. The molecule has 0 saturated carbocycles. The molecule has 340 valence electrons.